The fraction of sp³-hybridized carbons (Fsp3) is 0.560. The minimum Gasteiger partial charge on any atom is -0.444 e. The number of terminal acetylenes is 1. The van der Waals surface area contributed by atoms with Crippen LogP contribution in [0, 0.1) is 12.3 Å². The molecule has 4 atom stereocenters. The highest BCUT2D eigenvalue weighted by molar-refractivity contribution is 5.92. The standard InChI is InChI=1S/C25H35N3O6/c1-8-16-9-11-17(12-10-16)15(2)26-21(30)19-13-18(29)14-28(19)22(31)20(25(6,7)33)27-23(32)34-24(3,4)5/h1,9-12,15,18-20,29,33H,13-14H2,2-7H3,(H,26,30)(H,27,32)/t15?,18-,19+,20?/m1/s1. The van der Waals surface area contributed by atoms with Crippen molar-refractivity contribution >= 4 is 17.9 Å². The Kier molecular flexibility index (Phi) is 8.35. The number of alkyl carbamates (subject to hydrolysis) is 1. The van der Waals surface area contributed by atoms with Crippen LogP contribution >= 0.6 is 0 Å². The molecule has 1 heterocycles. The van der Waals surface area contributed by atoms with Crippen molar-refractivity contribution in [2.75, 3.05) is 6.54 Å². The van der Waals surface area contributed by atoms with Crippen LogP contribution in [0.4, 0.5) is 4.79 Å². The second kappa shape index (κ2) is 10.5. The zero-order valence-electron chi connectivity index (χ0n) is 20.6. The van der Waals surface area contributed by atoms with E-state index in [4.69, 9.17) is 11.2 Å². The average Bonchev–Trinajstić information content (AvgIpc) is 3.11. The van der Waals surface area contributed by atoms with Crippen LogP contribution in [0.1, 0.15) is 65.1 Å². The molecule has 34 heavy (non-hydrogen) atoms. The fourth-order valence-corrected chi connectivity index (χ4v) is 3.70. The molecule has 3 amide bonds. The number of ether oxygens (including phenoxy) is 1. The van der Waals surface area contributed by atoms with Gasteiger partial charge in [0.25, 0.3) is 0 Å². The van der Waals surface area contributed by atoms with E-state index in [1.54, 1.807) is 39.8 Å². The summed E-state index contributed by atoms with van der Waals surface area (Å²) in [4.78, 5) is 39.9. The van der Waals surface area contributed by atoms with Gasteiger partial charge in [-0.2, -0.15) is 0 Å². The number of hydrogen-bond acceptors (Lipinski definition) is 6. The first-order chi connectivity index (χ1) is 15.6. The van der Waals surface area contributed by atoms with Gasteiger partial charge < -0.3 is 30.5 Å². The lowest BCUT2D eigenvalue weighted by Gasteiger charge is -2.35. The Morgan fingerprint density at radius 2 is 1.74 bits per heavy atom. The molecule has 0 aliphatic carbocycles. The predicted octanol–water partition coefficient (Wildman–Crippen LogP) is 1.47. The maximum absolute atomic E-state index is 13.4. The normalized spacial score (nSPS) is 20.1. The number of nitrogens with zero attached hydrogens (tertiary/aromatic N) is 1. The van der Waals surface area contributed by atoms with Gasteiger partial charge in [0.1, 0.15) is 17.7 Å². The topological polar surface area (TPSA) is 128 Å². The summed E-state index contributed by atoms with van der Waals surface area (Å²) in [5, 5.41) is 26.1. The van der Waals surface area contributed by atoms with Crippen LogP contribution in [0.2, 0.25) is 0 Å². The van der Waals surface area contributed by atoms with Gasteiger partial charge in [0, 0.05) is 18.5 Å². The number of benzene rings is 1. The number of carbonyl (C=O) groups is 3. The van der Waals surface area contributed by atoms with E-state index in [-0.39, 0.29) is 19.0 Å². The van der Waals surface area contributed by atoms with Crippen LogP contribution in [0.3, 0.4) is 0 Å². The molecule has 1 saturated heterocycles. The Balaban J connectivity index is 2.18. The molecule has 0 bridgehead atoms. The molecule has 1 fully saturated rings. The third-order valence-electron chi connectivity index (χ3n) is 5.42. The first-order valence-electron chi connectivity index (χ1n) is 11.2. The van der Waals surface area contributed by atoms with Crippen molar-refractivity contribution in [2.45, 2.75) is 83.4 Å². The van der Waals surface area contributed by atoms with Crippen LogP contribution in [0.25, 0.3) is 0 Å². The number of aliphatic hydroxyl groups is 2. The molecule has 186 valence electrons. The molecule has 9 heteroatoms. The van der Waals surface area contributed by atoms with E-state index < -0.39 is 47.3 Å². The lowest BCUT2D eigenvalue weighted by molar-refractivity contribution is -0.144. The van der Waals surface area contributed by atoms with Crippen LogP contribution in [0.5, 0.6) is 0 Å². The summed E-state index contributed by atoms with van der Waals surface area (Å²) < 4.78 is 5.22. The molecule has 4 N–H and O–H groups in total. The predicted molar refractivity (Wildman–Crippen MR) is 127 cm³/mol. The quantitative estimate of drug-likeness (QED) is 0.463. The number of hydrogen-bond donors (Lipinski definition) is 4. The number of nitrogens with one attached hydrogen (secondary N) is 2. The fourth-order valence-electron chi connectivity index (χ4n) is 3.70. The minimum atomic E-state index is -1.66. The van der Waals surface area contributed by atoms with Gasteiger partial charge in [0.05, 0.1) is 17.7 Å². The first kappa shape index (κ1) is 27.2. The summed E-state index contributed by atoms with van der Waals surface area (Å²) in [6.07, 6.45) is 3.61. The number of carbonyl (C=O) groups excluding carboxylic acids is 3. The van der Waals surface area contributed by atoms with Crippen molar-refractivity contribution in [1.82, 2.24) is 15.5 Å². The van der Waals surface area contributed by atoms with Crippen molar-refractivity contribution in [3.8, 4) is 12.3 Å². The summed E-state index contributed by atoms with van der Waals surface area (Å²) in [5.41, 5.74) is -0.926. The molecule has 0 spiro atoms. The summed E-state index contributed by atoms with van der Waals surface area (Å²) in [6.45, 7) is 9.45. The Hall–Kier alpha value is -3.09. The van der Waals surface area contributed by atoms with Gasteiger partial charge in [0.15, 0.2) is 0 Å². The number of likely N-dealkylation sites (tertiary alicyclic amines) is 1. The zero-order chi connectivity index (χ0) is 25.8. The lowest BCUT2D eigenvalue weighted by Crippen LogP contribution is -2.61. The van der Waals surface area contributed by atoms with E-state index >= 15 is 0 Å². The van der Waals surface area contributed by atoms with Crippen LogP contribution in [-0.2, 0) is 14.3 Å². The van der Waals surface area contributed by atoms with Crippen LogP contribution < -0.4 is 10.6 Å². The highest BCUT2D eigenvalue weighted by atomic mass is 16.6. The second-order valence-corrected chi connectivity index (χ2v) is 10.1. The molecule has 1 aromatic rings. The summed E-state index contributed by atoms with van der Waals surface area (Å²) in [5.74, 6) is 1.38. The summed E-state index contributed by atoms with van der Waals surface area (Å²) in [7, 11) is 0. The third kappa shape index (κ3) is 7.20. The highest BCUT2D eigenvalue weighted by Gasteiger charge is 2.46. The van der Waals surface area contributed by atoms with Crippen molar-refractivity contribution in [3.63, 3.8) is 0 Å². The monoisotopic (exact) mass is 473 g/mol. The molecule has 1 aromatic carbocycles. The van der Waals surface area contributed by atoms with Gasteiger partial charge >= 0.3 is 6.09 Å². The van der Waals surface area contributed by atoms with E-state index in [0.717, 1.165) is 5.56 Å². The van der Waals surface area contributed by atoms with E-state index in [1.165, 1.54) is 18.7 Å². The molecular formula is C25H35N3O6. The molecule has 0 saturated carbocycles. The van der Waals surface area contributed by atoms with Crippen molar-refractivity contribution in [1.29, 1.82) is 0 Å². The van der Waals surface area contributed by atoms with Crippen molar-refractivity contribution < 1.29 is 29.3 Å². The molecule has 0 radical (unpaired) electrons. The van der Waals surface area contributed by atoms with E-state index in [0.29, 0.717) is 5.56 Å². The van der Waals surface area contributed by atoms with E-state index in [2.05, 4.69) is 16.6 Å². The Labute approximate surface area is 200 Å². The van der Waals surface area contributed by atoms with Crippen molar-refractivity contribution in [2.24, 2.45) is 0 Å². The zero-order valence-corrected chi connectivity index (χ0v) is 20.6. The number of aliphatic hydroxyl groups excluding tert-OH is 1. The van der Waals surface area contributed by atoms with Gasteiger partial charge in [0.2, 0.25) is 11.8 Å². The number of β-amino-alcohol motifs (C(OH)–C–C–N with tert-alkyl or cyclic N) is 1. The Morgan fingerprint density at radius 3 is 2.24 bits per heavy atom. The molecule has 9 nitrogen and oxygen atoms in total. The van der Waals surface area contributed by atoms with Gasteiger partial charge in [-0.05, 0) is 59.2 Å². The van der Waals surface area contributed by atoms with Crippen LogP contribution in [-0.4, -0.2) is 69.0 Å². The van der Waals surface area contributed by atoms with Gasteiger partial charge in [-0.3, -0.25) is 9.59 Å². The maximum Gasteiger partial charge on any atom is 0.408 e. The number of rotatable bonds is 6. The summed E-state index contributed by atoms with van der Waals surface area (Å²) >= 11 is 0. The van der Waals surface area contributed by atoms with Gasteiger partial charge in [-0.25, -0.2) is 4.79 Å². The maximum atomic E-state index is 13.4. The number of amides is 3. The molecule has 0 aromatic heterocycles. The van der Waals surface area contributed by atoms with Gasteiger partial charge in [-0.15, -0.1) is 6.42 Å². The average molecular weight is 474 g/mol. The largest absolute Gasteiger partial charge is 0.444 e. The molecule has 2 rings (SSSR count). The highest BCUT2D eigenvalue weighted by Crippen LogP contribution is 2.24. The Bertz CT molecular complexity index is 939. The third-order valence-corrected chi connectivity index (χ3v) is 5.42. The molecule has 1 aliphatic rings. The second-order valence-electron chi connectivity index (χ2n) is 10.1. The molecular weight excluding hydrogens is 438 g/mol. The minimum absolute atomic E-state index is 0.0331. The first-order valence-corrected chi connectivity index (χ1v) is 11.2. The molecule has 2 unspecified atom stereocenters. The van der Waals surface area contributed by atoms with Crippen molar-refractivity contribution in [3.05, 3.63) is 35.4 Å². The van der Waals surface area contributed by atoms with Gasteiger partial charge in [-0.1, -0.05) is 18.1 Å². The smallest absolute Gasteiger partial charge is 0.408 e. The van der Waals surface area contributed by atoms with E-state index in [9.17, 15) is 24.6 Å². The molecule has 1 aliphatic heterocycles. The Morgan fingerprint density at radius 1 is 1.15 bits per heavy atom. The SMILES string of the molecule is C#Cc1ccc(C(C)NC(=O)[C@@H]2C[C@@H](O)CN2C(=O)C(NC(=O)OC(C)(C)C)C(C)(C)O)cc1. The lowest BCUT2D eigenvalue weighted by atomic mass is 9.97. The van der Waals surface area contributed by atoms with E-state index in [1.807, 2.05) is 12.1 Å². The summed E-state index contributed by atoms with van der Waals surface area (Å²) in [6, 6.07) is 4.41. The van der Waals surface area contributed by atoms with Crippen LogP contribution in [0.15, 0.2) is 24.3 Å².